The fourth-order valence-electron chi connectivity index (χ4n) is 9.97. The summed E-state index contributed by atoms with van der Waals surface area (Å²) in [5, 5.41) is 13.9. The molecule has 0 saturated carbocycles. The average molecular weight is 1400 g/mol. The van der Waals surface area contributed by atoms with Gasteiger partial charge in [-0.1, -0.05) is 71.2 Å². The quantitative estimate of drug-likeness (QED) is 0.0438. The number of unbranched alkanes of at least 4 members (excludes halogenated alkanes) is 3. The van der Waals surface area contributed by atoms with Crippen LogP contribution in [-0.4, -0.2) is 109 Å². The molecule has 0 saturated heterocycles. The first-order valence-corrected chi connectivity index (χ1v) is 39.3. The molecule has 92 heavy (non-hydrogen) atoms. The zero-order chi connectivity index (χ0) is 65.0. The Morgan fingerprint density at radius 1 is 0.587 bits per heavy atom. The number of hydrogen-bond acceptors (Lipinski definition) is 23. The minimum Gasteiger partial charge on any atom is -0.481 e. The van der Waals surface area contributed by atoms with E-state index in [1.807, 2.05) is 96.9 Å². The van der Waals surface area contributed by atoms with Crippen molar-refractivity contribution in [1.29, 1.82) is 0 Å². The van der Waals surface area contributed by atoms with Crippen molar-refractivity contribution in [2.45, 2.75) is 112 Å². The number of ether oxygens (including phenoxy) is 1. The van der Waals surface area contributed by atoms with Gasteiger partial charge in [0.2, 0.25) is 5.91 Å². The number of carbonyl (C=O) groups is 1. The van der Waals surface area contributed by atoms with E-state index in [0.29, 0.717) is 74.8 Å². The van der Waals surface area contributed by atoms with Gasteiger partial charge in [-0.2, -0.15) is 0 Å². The van der Waals surface area contributed by atoms with Crippen LogP contribution in [0.5, 0.6) is 0 Å². The molecule has 0 fully saturated rings. The van der Waals surface area contributed by atoms with Gasteiger partial charge in [0.05, 0.1) is 69.0 Å². The number of aromatic nitrogens is 6. The van der Waals surface area contributed by atoms with Crippen molar-refractivity contribution >= 4 is 177 Å². The van der Waals surface area contributed by atoms with Crippen molar-refractivity contribution in [2.24, 2.45) is 9.98 Å². The van der Waals surface area contributed by atoms with Gasteiger partial charge in [0.25, 0.3) is 0 Å². The van der Waals surface area contributed by atoms with Gasteiger partial charge < -0.3 is 32.2 Å². The lowest BCUT2D eigenvalue weighted by Crippen LogP contribution is -2.32. The topological polar surface area (TPSA) is 273 Å². The second-order valence-electron chi connectivity index (χ2n) is 21.9. The molecule has 0 bridgehead atoms. The molecule has 9 aromatic heterocycles. The number of anilines is 3. The van der Waals surface area contributed by atoms with Gasteiger partial charge in [-0.05, 0) is 104 Å². The van der Waals surface area contributed by atoms with E-state index >= 15 is 0 Å². The van der Waals surface area contributed by atoms with E-state index in [1.165, 1.54) is 45.3 Å². The Balaban J connectivity index is 0.000000152. The van der Waals surface area contributed by atoms with Crippen LogP contribution in [0.1, 0.15) is 109 Å². The molecule has 1 aromatic carbocycles. The minimum absolute atomic E-state index is 0.0161. The van der Waals surface area contributed by atoms with Gasteiger partial charge in [-0.3, -0.25) is 22.4 Å². The van der Waals surface area contributed by atoms with Gasteiger partial charge >= 0.3 is 0 Å². The van der Waals surface area contributed by atoms with Crippen LogP contribution >= 0.6 is 68.0 Å². The van der Waals surface area contributed by atoms with E-state index in [4.69, 9.17) is 36.9 Å². The normalized spacial score (nSPS) is 14.0. The second kappa shape index (κ2) is 32.0. The van der Waals surface area contributed by atoms with Gasteiger partial charge in [0, 0.05) is 99.2 Å². The number of carbonyl (C=O) groups excluding carboxylic acids is 1. The van der Waals surface area contributed by atoms with Crippen molar-refractivity contribution in [1.82, 2.24) is 40.1 Å². The fraction of sp³-hybridized carbons (Fsp3) is 0.338. The van der Waals surface area contributed by atoms with Gasteiger partial charge in [0.1, 0.15) is 59.2 Å². The van der Waals surface area contributed by atoms with Crippen LogP contribution in [0.15, 0.2) is 112 Å². The molecule has 1 amide bonds. The fourth-order valence-corrected chi connectivity index (χ4v) is 20.1. The van der Waals surface area contributed by atoms with Crippen LogP contribution in [-0.2, 0) is 48.5 Å². The van der Waals surface area contributed by atoms with Crippen LogP contribution in [0.3, 0.4) is 0 Å². The van der Waals surface area contributed by atoms with Gasteiger partial charge in [0.15, 0.2) is 5.90 Å². The number of rotatable bonds is 24. The summed E-state index contributed by atoms with van der Waals surface area (Å²) in [6.45, 7) is 11.8. The van der Waals surface area contributed by atoms with Gasteiger partial charge in [-0.15, -0.1) is 68.0 Å². The van der Waals surface area contributed by atoms with E-state index in [2.05, 4.69) is 57.9 Å². The highest BCUT2D eigenvalue weighted by molar-refractivity contribution is 7.88. The van der Waals surface area contributed by atoms with Crippen molar-refractivity contribution < 1.29 is 22.2 Å². The number of likely N-dealkylation sites (N-methyl/N-ethyl adjacent to an activating group) is 1. The van der Waals surface area contributed by atoms with E-state index in [9.17, 15) is 17.4 Å². The summed E-state index contributed by atoms with van der Waals surface area (Å²) in [5.74, 6) is 2.54. The Bertz CT molecular complexity index is 4430. The summed E-state index contributed by atoms with van der Waals surface area (Å²) in [6.07, 6.45) is 17.1. The first-order chi connectivity index (χ1) is 44.6. The molecule has 7 N–H and O–H groups in total. The molecule has 2 aliphatic heterocycles. The SMILES string of the molecule is CCCCS(=O)c1sc2nc(-c3nccs3)cc(-c3ccc(CNC(=O)CN(C)C)cc3)c2c1N.CCCCS(=O)c1sc2nc(-c3nccs3)cc(C3=CN=C(C)C3)c2c1N.CCCCS(=O)c1sc2nc(-c3nccs3)cc(C3=CN=C(OCCC)C3)c2c1N. The van der Waals surface area contributed by atoms with E-state index in [1.54, 1.807) is 41.3 Å². The molecule has 482 valence electrons. The molecular weight excluding hydrogens is 1330 g/mol. The Kier molecular flexibility index (Phi) is 23.7. The molecule has 12 rings (SSSR count). The molecule has 3 atom stereocenters. The molecule has 0 radical (unpaired) electrons. The Hall–Kier alpha value is -6.66. The van der Waals surface area contributed by atoms with Crippen LogP contribution in [0.25, 0.3) is 85.0 Å². The first kappa shape index (κ1) is 68.2. The number of pyridine rings is 3. The van der Waals surface area contributed by atoms with Crippen LogP contribution in [0.4, 0.5) is 17.1 Å². The molecular formula is C65H73N13O5S9. The van der Waals surface area contributed by atoms with Crippen LogP contribution in [0, 0.1) is 0 Å². The maximum absolute atomic E-state index is 13.0. The molecule has 0 aliphatic carbocycles. The van der Waals surface area contributed by atoms with Crippen LogP contribution < -0.4 is 22.5 Å². The average Bonchev–Trinajstić information content (AvgIpc) is 1.61. The number of benzene rings is 1. The molecule has 18 nitrogen and oxygen atoms in total. The number of allylic oxidation sites excluding steroid dienone is 1. The van der Waals surface area contributed by atoms with Crippen molar-refractivity contribution in [3.8, 4) is 43.2 Å². The van der Waals surface area contributed by atoms with E-state index in [-0.39, 0.29) is 5.91 Å². The molecule has 0 spiro atoms. The third-order valence-corrected chi connectivity index (χ3v) is 26.0. The summed E-state index contributed by atoms with van der Waals surface area (Å²) in [7, 11) is 0.358. The molecule has 2 aliphatic rings. The second-order valence-corrected chi connectivity index (χ2v) is 32.9. The number of nitrogen functional groups attached to an aromatic ring is 3. The number of hydrogen-bond donors (Lipinski definition) is 4. The number of nitrogens with two attached hydrogens (primary N) is 3. The first-order valence-electron chi connectivity index (χ1n) is 30.2. The Labute approximate surface area is 567 Å². The zero-order valence-corrected chi connectivity index (χ0v) is 59.6. The molecule has 11 heterocycles. The van der Waals surface area contributed by atoms with Crippen molar-refractivity contribution in [3.05, 3.63) is 106 Å². The number of amides is 1. The minimum atomic E-state index is -1.15. The zero-order valence-electron chi connectivity index (χ0n) is 52.2. The Morgan fingerprint density at radius 3 is 1.40 bits per heavy atom. The molecule has 3 unspecified atom stereocenters. The predicted molar refractivity (Wildman–Crippen MR) is 392 cm³/mol. The maximum Gasteiger partial charge on any atom is 0.234 e. The lowest BCUT2D eigenvalue weighted by molar-refractivity contribution is -0.121. The molecule has 10 aromatic rings. The Morgan fingerprint density at radius 2 is 1.01 bits per heavy atom. The third kappa shape index (κ3) is 16.1. The number of thiazole rings is 3. The third-order valence-electron chi connectivity index (χ3n) is 14.6. The number of aliphatic imine (C=N–C) groups is 2. The van der Waals surface area contributed by atoms with Crippen LogP contribution in [0.2, 0.25) is 0 Å². The lowest BCUT2D eigenvalue weighted by atomic mass is 10.00. The summed E-state index contributed by atoms with van der Waals surface area (Å²) in [4.78, 5) is 52.8. The molecule has 27 heteroatoms. The summed E-state index contributed by atoms with van der Waals surface area (Å²) < 4.78 is 46.4. The number of thiophene rings is 3. The van der Waals surface area contributed by atoms with Gasteiger partial charge in [-0.25, -0.2) is 34.9 Å². The smallest absolute Gasteiger partial charge is 0.234 e. The summed E-state index contributed by atoms with van der Waals surface area (Å²) in [6, 6.07) is 14.1. The lowest BCUT2D eigenvalue weighted by Gasteiger charge is -2.11. The maximum atomic E-state index is 13.0. The largest absolute Gasteiger partial charge is 0.481 e. The standard InChI is InChI=1S/C25H29N5O2S3.C21H24N4O2S3.C19H20N4OS3/c1-4-5-12-35(32)25-22(26)21-18(13-19(29-24(21)34-25)23-27-10-11-33-23)17-8-6-16(7-9-17)14-28-20(31)15-30(2)3;1-3-5-9-30(26)21-18(22)17-14(13-10-16(24-12-13)27-7-4-2)11-15(25-20(17)29-21)19-23-6-8-28-19;1-3-4-7-27(24)19-16(20)15-13(12-8-11(2)22-10-12)9-14(23-18(15)26-19)17-21-5-6-25-17/h6-11,13H,4-5,12,14-15,26H2,1-3H3,(H,28,31);6,8,11-12H,3-5,7,9-10,22H2,1-2H3;5-6,9-10H,3-4,7-8,20H2,1-2H3. The monoisotopic (exact) mass is 1400 g/mol. The number of nitrogens with one attached hydrogen (secondary N) is 1. The summed E-state index contributed by atoms with van der Waals surface area (Å²) in [5.41, 5.74) is 31.9. The number of fused-ring (bicyclic) bond motifs is 3. The highest BCUT2D eigenvalue weighted by Gasteiger charge is 2.27. The summed E-state index contributed by atoms with van der Waals surface area (Å²) >= 11 is 8.91. The van der Waals surface area contributed by atoms with E-state index < -0.39 is 32.4 Å². The number of nitrogens with zero attached hydrogens (tertiary/aromatic N) is 9. The van der Waals surface area contributed by atoms with E-state index in [0.717, 1.165) is 163 Å². The van der Waals surface area contributed by atoms with Crippen molar-refractivity contribution in [2.75, 3.05) is 61.7 Å². The highest BCUT2D eigenvalue weighted by atomic mass is 32.2. The van der Waals surface area contributed by atoms with Crippen molar-refractivity contribution in [3.63, 3.8) is 0 Å². The highest BCUT2D eigenvalue weighted by Crippen LogP contribution is 2.46. The predicted octanol–water partition coefficient (Wildman–Crippen LogP) is 15.3.